The van der Waals surface area contributed by atoms with Gasteiger partial charge in [0.1, 0.15) is 0 Å². The highest BCUT2D eigenvalue weighted by atomic mass is 35.5. The molecule has 0 aliphatic rings. The van der Waals surface area contributed by atoms with E-state index in [4.69, 9.17) is 16.3 Å². The van der Waals surface area contributed by atoms with E-state index >= 15 is 0 Å². The van der Waals surface area contributed by atoms with Gasteiger partial charge < -0.3 is 4.74 Å². The first-order chi connectivity index (χ1) is 6.50. The van der Waals surface area contributed by atoms with E-state index in [-0.39, 0.29) is 5.25 Å². The van der Waals surface area contributed by atoms with Crippen molar-refractivity contribution in [3.63, 3.8) is 0 Å². The number of ether oxygens (including phenoxy) is 1. The highest BCUT2D eigenvalue weighted by Gasteiger charge is 2.13. The average Bonchev–Trinajstić information content (AvgIpc) is 2.10. The van der Waals surface area contributed by atoms with E-state index in [1.807, 2.05) is 0 Å². The molecule has 0 atom stereocenters. The van der Waals surface area contributed by atoms with Gasteiger partial charge in [-0.1, -0.05) is 0 Å². The fourth-order valence-corrected chi connectivity index (χ4v) is 1.58. The van der Waals surface area contributed by atoms with Gasteiger partial charge in [0, 0.05) is 19.0 Å². The van der Waals surface area contributed by atoms with Gasteiger partial charge in [-0.05, 0) is 20.3 Å². The first-order valence-electron chi connectivity index (χ1n) is 4.63. The molecule has 0 fully saturated rings. The maximum absolute atomic E-state index is 11.2. The van der Waals surface area contributed by atoms with Gasteiger partial charge in [0.2, 0.25) is 10.0 Å². The van der Waals surface area contributed by atoms with Crippen LogP contribution in [-0.2, 0) is 14.8 Å². The molecule has 0 aliphatic carbocycles. The van der Waals surface area contributed by atoms with Crippen LogP contribution in [0.4, 0.5) is 0 Å². The zero-order valence-corrected chi connectivity index (χ0v) is 10.2. The van der Waals surface area contributed by atoms with Crippen molar-refractivity contribution in [3.05, 3.63) is 0 Å². The molecule has 0 aromatic carbocycles. The lowest BCUT2D eigenvalue weighted by molar-refractivity contribution is 0.147. The van der Waals surface area contributed by atoms with Crippen LogP contribution >= 0.6 is 11.6 Å². The van der Waals surface area contributed by atoms with Gasteiger partial charge >= 0.3 is 0 Å². The molecule has 1 N–H and O–H groups in total. The van der Waals surface area contributed by atoms with E-state index < -0.39 is 10.0 Å². The number of rotatable bonds is 8. The van der Waals surface area contributed by atoms with Crippen LogP contribution < -0.4 is 4.72 Å². The van der Waals surface area contributed by atoms with Crippen molar-refractivity contribution in [1.29, 1.82) is 0 Å². The van der Waals surface area contributed by atoms with E-state index in [0.29, 0.717) is 32.1 Å². The Morgan fingerprint density at radius 3 is 2.50 bits per heavy atom. The summed E-state index contributed by atoms with van der Waals surface area (Å²) in [4.78, 5) is 0. The number of nitrogens with one attached hydrogen (secondary N) is 1. The number of halogens is 1. The van der Waals surface area contributed by atoms with Crippen molar-refractivity contribution in [2.24, 2.45) is 0 Å². The molecule has 0 saturated carbocycles. The quantitative estimate of drug-likeness (QED) is 0.510. The van der Waals surface area contributed by atoms with E-state index in [9.17, 15) is 8.42 Å². The standard InChI is InChI=1S/C8H18ClNO3S/c1-8(2)14(11,12)10-5-3-6-13-7-4-9/h8,10H,3-7H2,1-2H3. The molecule has 14 heavy (non-hydrogen) atoms. The van der Waals surface area contributed by atoms with Gasteiger partial charge in [-0.2, -0.15) is 0 Å². The zero-order valence-electron chi connectivity index (χ0n) is 8.62. The second kappa shape index (κ2) is 7.45. The van der Waals surface area contributed by atoms with Gasteiger partial charge in [0.05, 0.1) is 11.9 Å². The van der Waals surface area contributed by atoms with Gasteiger partial charge in [0.15, 0.2) is 0 Å². The Balaban J connectivity index is 3.46. The summed E-state index contributed by atoms with van der Waals surface area (Å²) in [6.07, 6.45) is 0.669. The summed E-state index contributed by atoms with van der Waals surface area (Å²) in [7, 11) is -3.12. The van der Waals surface area contributed by atoms with Crippen LogP contribution in [0.5, 0.6) is 0 Å². The predicted molar refractivity (Wildman–Crippen MR) is 58.2 cm³/mol. The van der Waals surface area contributed by atoms with Crippen LogP contribution in [0.25, 0.3) is 0 Å². The summed E-state index contributed by atoms with van der Waals surface area (Å²) < 4.78 is 30.1. The summed E-state index contributed by atoms with van der Waals surface area (Å²) in [5, 5.41) is -0.383. The van der Waals surface area contributed by atoms with Crippen molar-refractivity contribution in [2.75, 3.05) is 25.6 Å². The maximum atomic E-state index is 11.2. The molecule has 0 bridgehead atoms. The third kappa shape index (κ3) is 6.59. The van der Waals surface area contributed by atoms with Gasteiger partial charge in [0.25, 0.3) is 0 Å². The minimum Gasteiger partial charge on any atom is -0.380 e. The Bertz CT molecular complexity index is 229. The van der Waals surface area contributed by atoms with Crippen molar-refractivity contribution in [2.45, 2.75) is 25.5 Å². The van der Waals surface area contributed by atoms with Crippen molar-refractivity contribution in [3.8, 4) is 0 Å². The molecule has 0 spiro atoms. The molecule has 0 heterocycles. The van der Waals surface area contributed by atoms with Gasteiger partial charge in [-0.3, -0.25) is 0 Å². The second-order valence-electron chi connectivity index (χ2n) is 3.14. The van der Waals surface area contributed by atoms with Crippen molar-refractivity contribution in [1.82, 2.24) is 4.72 Å². The van der Waals surface area contributed by atoms with Gasteiger partial charge in [-0.25, -0.2) is 13.1 Å². The average molecular weight is 244 g/mol. The summed E-state index contributed by atoms with van der Waals surface area (Å²) in [5.41, 5.74) is 0. The summed E-state index contributed by atoms with van der Waals surface area (Å²) in [6.45, 7) is 4.76. The largest absolute Gasteiger partial charge is 0.380 e. The highest BCUT2D eigenvalue weighted by molar-refractivity contribution is 7.90. The van der Waals surface area contributed by atoms with Crippen molar-refractivity contribution < 1.29 is 13.2 Å². The smallest absolute Gasteiger partial charge is 0.213 e. The fraction of sp³-hybridized carbons (Fsp3) is 1.00. The van der Waals surface area contributed by atoms with Crippen LogP contribution in [0.15, 0.2) is 0 Å². The van der Waals surface area contributed by atoms with Crippen LogP contribution in [0, 0.1) is 0 Å². The van der Waals surface area contributed by atoms with Crippen LogP contribution in [-0.4, -0.2) is 39.3 Å². The first kappa shape index (κ1) is 14.2. The Kier molecular flexibility index (Phi) is 7.54. The lowest BCUT2D eigenvalue weighted by Crippen LogP contribution is -2.31. The molecule has 6 heteroatoms. The normalized spacial score (nSPS) is 12.3. The molecule has 0 radical (unpaired) electrons. The minimum atomic E-state index is -3.12. The Hall–Kier alpha value is 0.160. The Morgan fingerprint density at radius 1 is 1.36 bits per heavy atom. The predicted octanol–water partition coefficient (Wildman–Crippen LogP) is 0.960. The highest BCUT2D eigenvalue weighted by Crippen LogP contribution is 1.95. The summed E-state index contributed by atoms with van der Waals surface area (Å²) >= 11 is 5.39. The molecule has 4 nitrogen and oxygen atoms in total. The Labute approximate surface area is 91.0 Å². The molecular weight excluding hydrogens is 226 g/mol. The van der Waals surface area contributed by atoms with E-state index in [1.54, 1.807) is 13.8 Å². The van der Waals surface area contributed by atoms with Crippen molar-refractivity contribution >= 4 is 21.6 Å². The van der Waals surface area contributed by atoms with E-state index in [0.717, 1.165) is 0 Å². The molecular formula is C8H18ClNO3S. The zero-order chi connectivity index (χ0) is 11.0. The van der Waals surface area contributed by atoms with Crippen LogP contribution in [0.1, 0.15) is 20.3 Å². The maximum Gasteiger partial charge on any atom is 0.213 e. The number of hydrogen-bond donors (Lipinski definition) is 1. The monoisotopic (exact) mass is 243 g/mol. The second-order valence-corrected chi connectivity index (χ2v) is 5.84. The number of sulfonamides is 1. The molecule has 0 aromatic heterocycles. The third-order valence-electron chi connectivity index (χ3n) is 1.61. The van der Waals surface area contributed by atoms with Crippen LogP contribution in [0.2, 0.25) is 0 Å². The number of alkyl halides is 1. The minimum absolute atomic E-state index is 0.383. The van der Waals surface area contributed by atoms with E-state index in [1.165, 1.54) is 0 Å². The number of hydrogen-bond acceptors (Lipinski definition) is 3. The molecule has 86 valence electrons. The summed E-state index contributed by atoms with van der Waals surface area (Å²) in [5.74, 6) is 0.470. The van der Waals surface area contributed by atoms with Crippen LogP contribution in [0.3, 0.4) is 0 Å². The Morgan fingerprint density at radius 2 is 2.00 bits per heavy atom. The molecule has 0 rings (SSSR count). The summed E-state index contributed by atoms with van der Waals surface area (Å²) in [6, 6.07) is 0. The van der Waals surface area contributed by atoms with Gasteiger partial charge in [-0.15, -0.1) is 11.6 Å². The molecule has 0 saturated heterocycles. The molecule has 0 unspecified atom stereocenters. The first-order valence-corrected chi connectivity index (χ1v) is 6.71. The molecule has 0 aliphatic heterocycles. The van der Waals surface area contributed by atoms with E-state index in [2.05, 4.69) is 4.72 Å². The fourth-order valence-electron chi connectivity index (χ4n) is 0.712. The topological polar surface area (TPSA) is 55.4 Å². The lowest BCUT2D eigenvalue weighted by Gasteiger charge is -2.09. The third-order valence-corrected chi connectivity index (χ3v) is 3.61. The SMILES string of the molecule is CC(C)S(=O)(=O)NCCCOCCCl. The lowest BCUT2D eigenvalue weighted by atomic mass is 10.5. The molecule has 0 aromatic rings. The molecule has 0 amide bonds.